The van der Waals surface area contributed by atoms with Gasteiger partial charge in [0, 0.05) is 11.5 Å². The lowest BCUT2D eigenvalue weighted by molar-refractivity contribution is -0.198. The van der Waals surface area contributed by atoms with Crippen molar-refractivity contribution in [1.82, 2.24) is 0 Å². The fourth-order valence-corrected chi connectivity index (χ4v) is 5.64. The molecule has 1 N–H and O–H groups in total. The van der Waals surface area contributed by atoms with Crippen LogP contribution in [-0.2, 0) is 14.3 Å². The molecule has 4 rings (SSSR count). The number of fused-ring (bicyclic) bond motifs is 3. The second-order valence-electron chi connectivity index (χ2n) is 8.33. The van der Waals surface area contributed by atoms with Gasteiger partial charge in [-0.2, -0.15) is 0 Å². The van der Waals surface area contributed by atoms with Crippen molar-refractivity contribution in [3.8, 4) is 0 Å². The molecular formula is C19H24O5. The lowest BCUT2D eigenvalue weighted by atomic mass is 9.45. The van der Waals surface area contributed by atoms with Crippen LogP contribution in [0.25, 0.3) is 0 Å². The topological polar surface area (TPSA) is 76.7 Å². The van der Waals surface area contributed by atoms with Gasteiger partial charge in [-0.25, -0.2) is 0 Å². The quantitative estimate of drug-likeness (QED) is 0.800. The number of ketones is 1. The van der Waals surface area contributed by atoms with Crippen molar-refractivity contribution < 1.29 is 23.8 Å². The van der Waals surface area contributed by atoms with E-state index in [0.717, 1.165) is 24.8 Å². The van der Waals surface area contributed by atoms with Gasteiger partial charge < -0.3 is 14.3 Å². The number of rotatable bonds is 1. The molecule has 1 saturated heterocycles. The molecule has 0 bridgehead atoms. The summed E-state index contributed by atoms with van der Waals surface area (Å²) in [7, 11) is 0. The summed E-state index contributed by atoms with van der Waals surface area (Å²) in [4.78, 5) is 25.6. The van der Waals surface area contributed by atoms with Crippen molar-refractivity contribution >= 4 is 11.8 Å². The van der Waals surface area contributed by atoms with Gasteiger partial charge in [0.05, 0.1) is 18.4 Å². The number of ether oxygens (including phenoxy) is 1. The van der Waals surface area contributed by atoms with Crippen LogP contribution in [0.5, 0.6) is 0 Å². The molecule has 2 aliphatic carbocycles. The number of cyclic esters (lactones) is 1. The van der Waals surface area contributed by atoms with Gasteiger partial charge in [-0.1, -0.05) is 13.8 Å². The SMILES string of the molecule is C[C@]12CC[C@H](O)C(=O)[C@@H]1[C@@]1(C)C[C@@H](c3ccoc3)OC(=O)[C@@H]1CC2. The summed E-state index contributed by atoms with van der Waals surface area (Å²) in [6, 6.07) is 1.81. The Labute approximate surface area is 141 Å². The predicted octanol–water partition coefficient (Wildman–Crippen LogP) is 3.03. The highest BCUT2D eigenvalue weighted by Gasteiger charge is 2.63. The number of hydrogen-bond donors (Lipinski definition) is 1. The van der Waals surface area contributed by atoms with E-state index in [4.69, 9.17) is 9.15 Å². The third-order valence-corrected chi connectivity index (χ3v) is 6.84. The Morgan fingerprint density at radius 3 is 2.67 bits per heavy atom. The van der Waals surface area contributed by atoms with Gasteiger partial charge in [0.2, 0.25) is 0 Å². The van der Waals surface area contributed by atoms with E-state index < -0.39 is 11.5 Å². The van der Waals surface area contributed by atoms with Crippen molar-refractivity contribution in [3.05, 3.63) is 24.2 Å². The van der Waals surface area contributed by atoms with Gasteiger partial charge in [0.25, 0.3) is 0 Å². The maximum Gasteiger partial charge on any atom is 0.310 e. The minimum Gasteiger partial charge on any atom is -0.472 e. The van der Waals surface area contributed by atoms with Crippen molar-refractivity contribution in [2.75, 3.05) is 0 Å². The van der Waals surface area contributed by atoms with E-state index in [-0.39, 0.29) is 35.1 Å². The van der Waals surface area contributed by atoms with E-state index in [1.807, 2.05) is 6.92 Å². The monoisotopic (exact) mass is 332 g/mol. The molecule has 0 amide bonds. The Morgan fingerprint density at radius 1 is 1.21 bits per heavy atom. The minimum absolute atomic E-state index is 0.0865. The summed E-state index contributed by atoms with van der Waals surface area (Å²) in [6.45, 7) is 4.19. The summed E-state index contributed by atoms with van der Waals surface area (Å²) in [5.41, 5.74) is 0.210. The molecule has 24 heavy (non-hydrogen) atoms. The number of esters is 1. The molecule has 1 aromatic rings. The Hall–Kier alpha value is -1.62. The molecule has 3 aliphatic rings. The summed E-state index contributed by atoms with van der Waals surface area (Å²) in [6.07, 6.45) is 5.43. The molecule has 5 heteroatoms. The van der Waals surface area contributed by atoms with E-state index in [0.29, 0.717) is 12.8 Å². The highest BCUT2D eigenvalue weighted by Crippen LogP contribution is 2.63. The number of aliphatic hydroxyl groups is 1. The first kappa shape index (κ1) is 15.9. The van der Waals surface area contributed by atoms with Gasteiger partial charge >= 0.3 is 5.97 Å². The Balaban J connectivity index is 1.75. The van der Waals surface area contributed by atoms with Crippen LogP contribution in [0.2, 0.25) is 0 Å². The van der Waals surface area contributed by atoms with Crippen LogP contribution in [0.15, 0.2) is 23.0 Å². The van der Waals surface area contributed by atoms with Crippen LogP contribution in [0.4, 0.5) is 0 Å². The third kappa shape index (κ3) is 2.10. The molecule has 0 aromatic carbocycles. The third-order valence-electron chi connectivity index (χ3n) is 6.84. The maximum atomic E-state index is 12.9. The number of Topliss-reactive ketones (excluding diaryl/α,β-unsaturated/α-hetero) is 1. The average Bonchev–Trinajstić information content (AvgIpc) is 3.04. The first-order valence-corrected chi connectivity index (χ1v) is 8.79. The maximum absolute atomic E-state index is 12.9. The normalized spacial score (nSPS) is 45.3. The molecule has 2 heterocycles. The lowest BCUT2D eigenvalue weighted by Crippen LogP contribution is -2.60. The van der Waals surface area contributed by atoms with Crippen molar-refractivity contribution in [1.29, 1.82) is 0 Å². The summed E-state index contributed by atoms with van der Waals surface area (Å²) >= 11 is 0. The average molecular weight is 332 g/mol. The van der Waals surface area contributed by atoms with Crippen LogP contribution >= 0.6 is 0 Å². The van der Waals surface area contributed by atoms with E-state index in [9.17, 15) is 14.7 Å². The van der Waals surface area contributed by atoms with Crippen LogP contribution < -0.4 is 0 Å². The second kappa shape index (κ2) is 5.19. The number of carbonyl (C=O) groups is 2. The number of carbonyl (C=O) groups excluding carboxylic acids is 2. The molecular weight excluding hydrogens is 308 g/mol. The van der Waals surface area contributed by atoms with Gasteiger partial charge in [0.15, 0.2) is 5.78 Å². The fourth-order valence-electron chi connectivity index (χ4n) is 5.64. The van der Waals surface area contributed by atoms with E-state index >= 15 is 0 Å². The highest BCUT2D eigenvalue weighted by molar-refractivity contribution is 5.89. The predicted molar refractivity (Wildman–Crippen MR) is 84.8 cm³/mol. The van der Waals surface area contributed by atoms with Crippen LogP contribution in [0, 0.1) is 22.7 Å². The molecule has 0 radical (unpaired) electrons. The number of furan rings is 1. The summed E-state index contributed by atoms with van der Waals surface area (Å²) < 4.78 is 10.8. The van der Waals surface area contributed by atoms with Crippen molar-refractivity contribution in [2.24, 2.45) is 22.7 Å². The molecule has 130 valence electrons. The minimum atomic E-state index is -0.899. The first-order valence-electron chi connectivity index (χ1n) is 8.79. The summed E-state index contributed by atoms with van der Waals surface area (Å²) in [5, 5.41) is 10.2. The molecule has 1 aromatic heterocycles. The van der Waals surface area contributed by atoms with Gasteiger partial charge in [-0.05, 0) is 49.0 Å². The van der Waals surface area contributed by atoms with Crippen LogP contribution in [0.1, 0.15) is 57.6 Å². The molecule has 1 aliphatic heterocycles. The van der Waals surface area contributed by atoms with Crippen LogP contribution in [-0.4, -0.2) is 23.0 Å². The van der Waals surface area contributed by atoms with Crippen LogP contribution in [0.3, 0.4) is 0 Å². The van der Waals surface area contributed by atoms with Gasteiger partial charge in [-0.3, -0.25) is 9.59 Å². The van der Waals surface area contributed by atoms with E-state index in [1.54, 1.807) is 18.6 Å². The first-order chi connectivity index (χ1) is 11.3. The Kier molecular flexibility index (Phi) is 3.43. The largest absolute Gasteiger partial charge is 0.472 e. The molecule has 0 spiro atoms. The zero-order valence-corrected chi connectivity index (χ0v) is 14.2. The molecule has 2 saturated carbocycles. The summed E-state index contributed by atoms with van der Waals surface area (Å²) in [5.74, 6) is -0.871. The lowest BCUT2D eigenvalue weighted by Gasteiger charge is -2.59. The van der Waals surface area contributed by atoms with Gasteiger partial charge in [0.1, 0.15) is 12.2 Å². The zero-order valence-electron chi connectivity index (χ0n) is 14.2. The standard InChI is InChI=1S/C19H24O5/c1-18-6-3-12-17(22)24-14(11-5-8-23-10-11)9-19(12,2)16(18)15(21)13(20)4-7-18/h5,8,10,12-14,16,20H,3-4,6-7,9H2,1-2H3/t12-,13-,14-,16-,18-,19-/m0/s1. The van der Waals surface area contributed by atoms with E-state index in [1.165, 1.54) is 0 Å². The highest BCUT2D eigenvalue weighted by atomic mass is 16.5. The van der Waals surface area contributed by atoms with E-state index in [2.05, 4.69) is 6.92 Å². The molecule has 5 nitrogen and oxygen atoms in total. The van der Waals surface area contributed by atoms with Crippen molar-refractivity contribution in [2.45, 2.75) is 58.2 Å². The Morgan fingerprint density at radius 2 is 1.96 bits per heavy atom. The Bertz CT molecular complexity index is 665. The molecule has 3 fully saturated rings. The fraction of sp³-hybridized carbons (Fsp3) is 0.684. The number of aliphatic hydroxyl groups excluding tert-OH is 1. The second-order valence-corrected chi connectivity index (χ2v) is 8.33. The number of hydrogen-bond acceptors (Lipinski definition) is 5. The van der Waals surface area contributed by atoms with Gasteiger partial charge in [-0.15, -0.1) is 0 Å². The molecule has 6 atom stereocenters. The zero-order chi connectivity index (χ0) is 17.1. The molecule has 0 unspecified atom stereocenters. The van der Waals surface area contributed by atoms with Crippen molar-refractivity contribution in [3.63, 3.8) is 0 Å². The smallest absolute Gasteiger partial charge is 0.310 e.